The van der Waals surface area contributed by atoms with Crippen LogP contribution < -0.4 is 15.5 Å². The van der Waals surface area contributed by atoms with Crippen LogP contribution in [0.4, 0.5) is 16.2 Å². The topological polar surface area (TPSA) is 64.7 Å². The van der Waals surface area contributed by atoms with Crippen LogP contribution in [0, 0.1) is 6.92 Å². The highest BCUT2D eigenvalue weighted by Gasteiger charge is 2.22. The number of hydrogen-bond donors (Lipinski definition) is 2. The molecule has 3 amide bonds. The second-order valence-corrected chi connectivity index (χ2v) is 6.93. The van der Waals surface area contributed by atoms with Crippen LogP contribution in [0.25, 0.3) is 0 Å². The summed E-state index contributed by atoms with van der Waals surface area (Å²) in [4.78, 5) is 28.1. The van der Waals surface area contributed by atoms with Crippen LogP contribution in [-0.2, 0) is 0 Å². The lowest BCUT2D eigenvalue weighted by Crippen LogP contribution is -2.50. The lowest BCUT2D eigenvalue weighted by Gasteiger charge is -2.36. The molecule has 0 radical (unpaired) electrons. The van der Waals surface area contributed by atoms with E-state index in [9.17, 15) is 9.59 Å². The second kappa shape index (κ2) is 8.31. The molecular weight excluding hydrogens is 364 g/mol. The smallest absolute Gasteiger partial charge is 0.321 e. The lowest BCUT2D eigenvalue weighted by atomic mass is 10.1. The predicted octanol–water partition coefficient (Wildman–Crippen LogP) is 3.36. The van der Waals surface area contributed by atoms with Crippen molar-refractivity contribution in [1.29, 1.82) is 0 Å². The molecule has 142 valence electrons. The third-order valence-corrected chi connectivity index (χ3v) is 4.94. The number of rotatable bonds is 3. The van der Waals surface area contributed by atoms with Crippen molar-refractivity contribution in [3.05, 3.63) is 58.6 Å². The van der Waals surface area contributed by atoms with Gasteiger partial charge in [0.1, 0.15) is 0 Å². The Balaban J connectivity index is 1.57. The van der Waals surface area contributed by atoms with Crippen LogP contribution in [0.5, 0.6) is 0 Å². The van der Waals surface area contributed by atoms with Crippen molar-refractivity contribution >= 4 is 34.9 Å². The average molecular weight is 387 g/mol. The van der Waals surface area contributed by atoms with Crippen molar-refractivity contribution in [3.63, 3.8) is 0 Å². The Bertz CT molecular complexity index is 830. The highest BCUT2D eigenvalue weighted by Crippen LogP contribution is 2.25. The van der Waals surface area contributed by atoms with Crippen molar-refractivity contribution in [3.8, 4) is 0 Å². The van der Waals surface area contributed by atoms with E-state index in [1.165, 1.54) is 5.56 Å². The fourth-order valence-corrected chi connectivity index (χ4v) is 3.29. The second-order valence-electron chi connectivity index (χ2n) is 6.49. The molecule has 0 aromatic heterocycles. The summed E-state index contributed by atoms with van der Waals surface area (Å²) in [5.41, 5.74) is 3.52. The van der Waals surface area contributed by atoms with E-state index < -0.39 is 0 Å². The maximum absolute atomic E-state index is 12.5. The molecule has 1 aliphatic rings. The molecule has 0 atom stereocenters. The summed E-state index contributed by atoms with van der Waals surface area (Å²) in [7, 11) is 1.59. The zero-order valence-electron chi connectivity index (χ0n) is 15.5. The number of aryl methyl sites for hydroxylation is 1. The first-order valence-corrected chi connectivity index (χ1v) is 9.25. The highest BCUT2D eigenvalue weighted by molar-refractivity contribution is 6.30. The molecule has 6 nitrogen and oxygen atoms in total. The zero-order chi connectivity index (χ0) is 19.4. The molecule has 1 heterocycles. The first kappa shape index (κ1) is 19.0. The quantitative estimate of drug-likeness (QED) is 0.850. The predicted molar refractivity (Wildman–Crippen MR) is 109 cm³/mol. The number of piperazine rings is 1. The molecule has 7 heteroatoms. The molecule has 0 unspecified atom stereocenters. The molecule has 2 aromatic rings. The molecule has 27 heavy (non-hydrogen) atoms. The van der Waals surface area contributed by atoms with E-state index >= 15 is 0 Å². The van der Waals surface area contributed by atoms with Crippen LogP contribution >= 0.6 is 11.6 Å². The number of carbonyl (C=O) groups is 2. The lowest BCUT2D eigenvalue weighted by molar-refractivity contribution is 0.0963. The largest absolute Gasteiger partial charge is 0.368 e. The molecule has 0 aliphatic carbocycles. The van der Waals surface area contributed by atoms with Gasteiger partial charge in [-0.3, -0.25) is 4.79 Å². The number of benzene rings is 2. The number of amides is 3. The standard InChI is InChI=1S/C20H23ClN4O2/c1-14-3-6-16(21)13-18(14)24-9-11-25(12-10-24)20(27)23-17-7-4-15(5-8-17)19(26)22-2/h3-8,13H,9-12H2,1-2H3,(H,22,26)(H,23,27). The first-order valence-electron chi connectivity index (χ1n) is 8.87. The van der Waals surface area contributed by atoms with Gasteiger partial charge in [0.25, 0.3) is 5.91 Å². The van der Waals surface area contributed by atoms with E-state index in [0.717, 1.165) is 23.8 Å². The average Bonchev–Trinajstić information content (AvgIpc) is 2.70. The Morgan fingerprint density at radius 3 is 2.30 bits per heavy atom. The zero-order valence-corrected chi connectivity index (χ0v) is 16.2. The van der Waals surface area contributed by atoms with Gasteiger partial charge in [0.05, 0.1) is 0 Å². The van der Waals surface area contributed by atoms with Crippen LogP contribution in [0.1, 0.15) is 15.9 Å². The summed E-state index contributed by atoms with van der Waals surface area (Å²) in [5, 5.41) is 6.18. The van der Waals surface area contributed by atoms with E-state index in [-0.39, 0.29) is 11.9 Å². The van der Waals surface area contributed by atoms with Crippen LogP contribution in [0.2, 0.25) is 5.02 Å². The number of anilines is 2. The number of nitrogens with one attached hydrogen (secondary N) is 2. The summed E-state index contributed by atoms with van der Waals surface area (Å²) < 4.78 is 0. The molecule has 1 fully saturated rings. The molecule has 3 rings (SSSR count). The van der Waals surface area contributed by atoms with Crippen molar-refractivity contribution in [1.82, 2.24) is 10.2 Å². The summed E-state index contributed by atoms with van der Waals surface area (Å²) in [6, 6.07) is 12.6. The van der Waals surface area contributed by atoms with Crippen molar-refractivity contribution in [2.75, 3.05) is 43.4 Å². The van der Waals surface area contributed by atoms with E-state index in [4.69, 9.17) is 11.6 Å². The number of hydrogen-bond acceptors (Lipinski definition) is 3. The maximum atomic E-state index is 12.5. The molecule has 2 N–H and O–H groups in total. The first-order chi connectivity index (χ1) is 13.0. The van der Waals surface area contributed by atoms with Gasteiger partial charge < -0.3 is 20.4 Å². The van der Waals surface area contributed by atoms with Gasteiger partial charge in [0, 0.05) is 55.2 Å². The van der Waals surface area contributed by atoms with Crippen LogP contribution in [0.15, 0.2) is 42.5 Å². The van der Waals surface area contributed by atoms with Crippen molar-refractivity contribution < 1.29 is 9.59 Å². The van der Waals surface area contributed by atoms with Gasteiger partial charge >= 0.3 is 6.03 Å². The van der Waals surface area contributed by atoms with Gasteiger partial charge in [-0.1, -0.05) is 17.7 Å². The molecule has 0 bridgehead atoms. The Morgan fingerprint density at radius 2 is 1.67 bits per heavy atom. The fraction of sp³-hybridized carbons (Fsp3) is 0.300. The Morgan fingerprint density at radius 1 is 1.00 bits per heavy atom. The van der Waals surface area contributed by atoms with Gasteiger partial charge in [-0.25, -0.2) is 4.79 Å². The van der Waals surface area contributed by atoms with Crippen LogP contribution in [-0.4, -0.2) is 50.1 Å². The maximum Gasteiger partial charge on any atom is 0.321 e. The van der Waals surface area contributed by atoms with Gasteiger partial charge in [-0.15, -0.1) is 0 Å². The minimum Gasteiger partial charge on any atom is -0.368 e. The van der Waals surface area contributed by atoms with Crippen LogP contribution in [0.3, 0.4) is 0 Å². The normalized spacial score (nSPS) is 14.0. The summed E-state index contributed by atoms with van der Waals surface area (Å²) in [6.45, 7) is 4.84. The molecule has 1 aliphatic heterocycles. The summed E-state index contributed by atoms with van der Waals surface area (Å²) in [5.74, 6) is -0.152. The van der Waals surface area contributed by atoms with E-state index in [0.29, 0.717) is 24.3 Å². The third-order valence-electron chi connectivity index (χ3n) is 4.70. The molecule has 0 saturated carbocycles. The minimum atomic E-state index is -0.152. The molecule has 1 saturated heterocycles. The van der Waals surface area contributed by atoms with Crippen molar-refractivity contribution in [2.24, 2.45) is 0 Å². The summed E-state index contributed by atoms with van der Waals surface area (Å²) in [6.07, 6.45) is 0. The van der Waals surface area contributed by atoms with E-state index in [2.05, 4.69) is 22.5 Å². The molecule has 0 spiro atoms. The van der Waals surface area contributed by atoms with Gasteiger partial charge in [-0.2, -0.15) is 0 Å². The molecule has 2 aromatic carbocycles. The summed E-state index contributed by atoms with van der Waals surface area (Å²) >= 11 is 6.12. The Labute approximate surface area is 164 Å². The molecular formula is C20H23ClN4O2. The minimum absolute atomic E-state index is 0.134. The Hall–Kier alpha value is -2.73. The Kier molecular flexibility index (Phi) is 5.86. The number of urea groups is 1. The SMILES string of the molecule is CNC(=O)c1ccc(NC(=O)N2CCN(c3cc(Cl)ccc3C)CC2)cc1. The van der Waals surface area contributed by atoms with Gasteiger partial charge in [0.15, 0.2) is 0 Å². The number of halogens is 1. The fourth-order valence-electron chi connectivity index (χ4n) is 3.13. The van der Waals surface area contributed by atoms with Gasteiger partial charge in [-0.05, 0) is 48.9 Å². The van der Waals surface area contributed by atoms with Crippen molar-refractivity contribution in [2.45, 2.75) is 6.92 Å². The monoisotopic (exact) mass is 386 g/mol. The van der Waals surface area contributed by atoms with E-state index in [1.54, 1.807) is 36.2 Å². The van der Waals surface area contributed by atoms with Gasteiger partial charge in [0.2, 0.25) is 0 Å². The highest BCUT2D eigenvalue weighted by atomic mass is 35.5. The third kappa shape index (κ3) is 4.52. The number of nitrogens with zero attached hydrogens (tertiary/aromatic N) is 2. The van der Waals surface area contributed by atoms with E-state index in [1.807, 2.05) is 18.2 Å². The number of carbonyl (C=O) groups excluding carboxylic acids is 2.